The van der Waals surface area contributed by atoms with Crippen molar-refractivity contribution in [2.75, 3.05) is 6.61 Å². The van der Waals surface area contributed by atoms with Crippen molar-refractivity contribution < 1.29 is 9.90 Å². The minimum absolute atomic E-state index is 0.237. The standard InChI is InChI=1S/C10H20O2/c1-8(2)10(6-7-11)5-4-9(3)12/h8,10-11H,4-7H2,1-3H3/t10-/m1/s1. The first-order chi connectivity index (χ1) is 5.57. The molecule has 2 nitrogen and oxygen atoms in total. The Labute approximate surface area is 75.0 Å². The van der Waals surface area contributed by atoms with E-state index in [2.05, 4.69) is 13.8 Å². The maximum Gasteiger partial charge on any atom is 0.129 e. The van der Waals surface area contributed by atoms with E-state index in [0.29, 0.717) is 18.3 Å². The van der Waals surface area contributed by atoms with Crippen molar-refractivity contribution >= 4 is 5.78 Å². The predicted molar refractivity (Wildman–Crippen MR) is 49.9 cm³/mol. The van der Waals surface area contributed by atoms with Crippen LogP contribution in [0.1, 0.15) is 40.0 Å². The van der Waals surface area contributed by atoms with Crippen molar-refractivity contribution in [1.29, 1.82) is 0 Å². The largest absolute Gasteiger partial charge is 0.396 e. The molecule has 0 amide bonds. The van der Waals surface area contributed by atoms with Gasteiger partial charge < -0.3 is 9.90 Å². The van der Waals surface area contributed by atoms with E-state index in [4.69, 9.17) is 5.11 Å². The van der Waals surface area contributed by atoms with Gasteiger partial charge in [0.25, 0.3) is 0 Å². The molecule has 0 aromatic carbocycles. The summed E-state index contributed by atoms with van der Waals surface area (Å²) in [6.07, 6.45) is 2.40. The van der Waals surface area contributed by atoms with E-state index in [1.807, 2.05) is 0 Å². The van der Waals surface area contributed by atoms with Crippen molar-refractivity contribution in [3.8, 4) is 0 Å². The minimum Gasteiger partial charge on any atom is -0.396 e. The van der Waals surface area contributed by atoms with Crippen LogP contribution in [0.15, 0.2) is 0 Å². The Hall–Kier alpha value is -0.370. The highest BCUT2D eigenvalue weighted by Crippen LogP contribution is 2.20. The summed E-state index contributed by atoms with van der Waals surface area (Å²) >= 11 is 0. The molecule has 0 aliphatic rings. The Morgan fingerprint density at radius 2 is 1.92 bits per heavy atom. The van der Waals surface area contributed by atoms with Crippen LogP contribution in [0.25, 0.3) is 0 Å². The molecule has 0 fully saturated rings. The van der Waals surface area contributed by atoms with Crippen LogP contribution >= 0.6 is 0 Å². The van der Waals surface area contributed by atoms with E-state index in [1.165, 1.54) is 0 Å². The number of aliphatic hydroxyl groups excluding tert-OH is 1. The van der Waals surface area contributed by atoms with Crippen LogP contribution in [0.3, 0.4) is 0 Å². The van der Waals surface area contributed by atoms with Crippen molar-refractivity contribution in [3.63, 3.8) is 0 Å². The smallest absolute Gasteiger partial charge is 0.129 e. The number of ketones is 1. The lowest BCUT2D eigenvalue weighted by molar-refractivity contribution is -0.117. The summed E-state index contributed by atoms with van der Waals surface area (Å²) in [4.78, 5) is 10.7. The zero-order chi connectivity index (χ0) is 9.56. The van der Waals surface area contributed by atoms with Crippen LogP contribution < -0.4 is 0 Å². The normalized spacial score (nSPS) is 13.4. The summed E-state index contributed by atoms with van der Waals surface area (Å²) in [5, 5.41) is 8.77. The summed E-state index contributed by atoms with van der Waals surface area (Å²) in [5.74, 6) is 1.31. The van der Waals surface area contributed by atoms with Crippen molar-refractivity contribution in [1.82, 2.24) is 0 Å². The molecule has 0 rings (SSSR count). The molecule has 12 heavy (non-hydrogen) atoms. The lowest BCUT2D eigenvalue weighted by Gasteiger charge is -2.18. The van der Waals surface area contributed by atoms with Crippen LogP contribution in [0.4, 0.5) is 0 Å². The number of hydrogen-bond acceptors (Lipinski definition) is 2. The first-order valence-electron chi connectivity index (χ1n) is 4.68. The fourth-order valence-corrected chi connectivity index (χ4v) is 1.37. The molecule has 1 N–H and O–H groups in total. The Bertz CT molecular complexity index is 130. The van der Waals surface area contributed by atoms with Gasteiger partial charge in [-0.3, -0.25) is 0 Å². The van der Waals surface area contributed by atoms with Gasteiger partial charge in [-0.15, -0.1) is 0 Å². The number of hydrogen-bond donors (Lipinski definition) is 1. The SMILES string of the molecule is CC(=O)CC[C@H](CCO)C(C)C. The average Bonchev–Trinajstić information content (AvgIpc) is 1.96. The predicted octanol–water partition coefficient (Wildman–Crippen LogP) is 2.01. The van der Waals surface area contributed by atoms with Gasteiger partial charge in [0.15, 0.2) is 0 Å². The Morgan fingerprint density at radius 3 is 2.25 bits per heavy atom. The zero-order valence-corrected chi connectivity index (χ0v) is 8.34. The molecule has 72 valence electrons. The number of rotatable bonds is 6. The Balaban J connectivity index is 3.70. The molecule has 0 aromatic heterocycles. The first-order valence-corrected chi connectivity index (χ1v) is 4.68. The van der Waals surface area contributed by atoms with Crippen molar-refractivity contribution in [2.45, 2.75) is 40.0 Å². The number of aliphatic hydroxyl groups is 1. The molecule has 0 heterocycles. The Morgan fingerprint density at radius 1 is 1.33 bits per heavy atom. The van der Waals surface area contributed by atoms with Gasteiger partial charge in [-0.1, -0.05) is 13.8 Å². The zero-order valence-electron chi connectivity index (χ0n) is 8.34. The lowest BCUT2D eigenvalue weighted by Crippen LogP contribution is -2.12. The summed E-state index contributed by atoms with van der Waals surface area (Å²) in [7, 11) is 0. The van der Waals surface area contributed by atoms with E-state index in [-0.39, 0.29) is 12.4 Å². The quantitative estimate of drug-likeness (QED) is 0.665. The van der Waals surface area contributed by atoms with E-state index < -0.39 is 0 Å². The molecule has 0 aliphatic carbocycles. The summed E-state index contributed by atoms with van der Waals surface area (Å²) in [6.45, 7) is 6.14. The summed E-state index contributed by atoms with van der Waals surface area (Å²) in [6, 6.07) is 0. The lowest BCUT2D eigenvalue weighted by atomic mass is 9.88. The van der Waals surface area contributed by atoms with Gasteiger partial charge >= 0.3 is 0 Å². The molecule has 0 unspecified atom stereocenters. The van der Waals surface area contributed by atoms with Gasteiger partial charge in [-0.05, 0) is 31.6 Å². The molecule has 0 aliphatic heterocycles. The second-order valence-corrected chi connectivity index (χ2v) is 3.76. The van der Waals surface area contributed by atoms with Gasteiger partial charge in [-0.25, -0.2) is 0 Å². The van der Waals surface area contributed by atoms with Gasteiger partial charge in [0.2, 0.25) is 0 Å². The third kappa shape index (κ3) is 5.30. The summed E-state index contributed by atoms with van der Waals surface area (Å²) in [5.41, 5.74) is 0. The van der Waals surface area contributed by atoms with Crippen LogP contribution in [0.2, 0.25) is 0 Å². The molecule has 0 spiro atoms. The molecule has 0 radical (unpaired) electrons. The highest BCUT2D eigenvalue weighted by atomic mass is 16.3. The summed E-state index contributed by atoms with van der Waals surface area (Å²) < 4.78 is 0. The molecular weight excluding hydrogens is 152 g/mol. The molecule has 0 saturated heterocycles. The van der Waals surface area contributed by atoms with Gasteiger partial charge in [0, 0.05) is 13.0 Å². The van der Waals surface area contributed by atoms with Crippen LogP contribution in [-0.4, -0.2) is 17.5 Å². The minimum atomic E-state index is 0.237. The molecule has 2 heteroatoms. The monoisotopic (exact) mass is 172 g/mol. The van der Waals surface area contributed by atoms with Crippen LogP contribution in [0.5, 0.6) is 0 Å². The Kier molecular flexibility index (Phi) is 5.99. The maximum absolute atomic E-state index is 10.7. The fourth-order valence-electron chi connectivity index (χ4n) is 1.37. The highest BCUT2D eigenvalue weighted by Gasteiger charge is 2.12. The second-order valence-electron chi connectivity index (χ2n) is 3.76. The third-order valence-corrected chi connectivity index (χ3v) is 2.31. The van der Waals surface area contributed by atoms with E-state index >= 15 is 0 Å². The van der Waals surface area contributed by atoms with E-state index in [0.717, 1.165) is 12.8 Å². The van der Waals surface area contributed by atoms with Gasteiger partial charge in [0.1, 0.15) is 5.78 Å². The topological polar surface area (TPSA) is 37.3 Å². The second kappa shape index (κ2) is 6.18. The molecular formula is C10H20O2. The number of Topliss-reactive ketones (excluding diaryl/α,β-unsaturated/α-hetero) is 1. The molecule has 0 bridgehead atoms. The van der Waals surface area contributed by atoms with Gasteiger partial charge in [0.05, 0.1) is 0 Å². The molecule has 0 aromatic rings. The molecule has 1 atom stereocenters. The maximum atomic E-state index is 10.7. The van der Waals surface area contributed by atoms with Crippen molar-refractivity contribution in [3.05, 3.63) is 0 Å². The van der Waals surface area contributed by atoms with E-state index in [1.54, 1.807) is 6.92 Å². The fraction of sp³-hybridized carbons (Fsp3) is 0.900. The number of carbonyl (C=O) groups is 1. The van der Waals surface area contributed by atoms with E-state index in [9.17, 15) is 4.79 Å². The van der Waals surface area contributed by atoms with Gasteiger partial charge in [-0.2, -0.15) is 0 Å². The first kappa shape index (κ1) is 11.6. The highest BCUT2D eigenvalue weighted by molar-refractivity contribution is 5.75. The molecule has 0 saturated carbocycles. The van der Waals surface area contributed by atoms with Crippen LogP contribution in [0, 0.1) is 11.8 Å². The average molecular weight is 172 g/mol. The van der Waals surface area contributed by atoms with Crippen LogP contribution in [-0.2, 0) is 4.79 Å². The van der Waals surface area contributed by atoms with Crippen molar-refractivity contribution in [2.24, 2.45) is 11.8 Å². The third-order valence-electron chi connectivity index (χ3n) is 2.31. The number of carbonyl (C=O) groups excluding carboxylic acids is 1.